The monoisotopic (exact) mass is 481 g/mol. The highest BCUT2D eigenvalue weighted by molar-refractivity contribution is 5.82. The highest BCUT2D eigenvalue weighted by Gasteiger charge is 2.74. The molecule has 6 nitrogen and oxygen atoms in total. The first kappa shape index (κ1) is 26.1. The molecule has 0 fully saturated rings. The van der Waals surface area contributed by atoms with E-state index in [9.17, 15) is 67.6 Å². The van der Waals surface area contributed by atoms with Crippen molar-refractivity contribution in [1.29, 1.82) is 0 Å². The lowest BCUT2D eigenvalue weighted by molar-refractivity contribution is -0.384. The molecule has 1 amide bonds. The number of carbonyl (C=O) groups is 1. The van der Waals surface area contributed by atoms with Crippen LogP contribution in [0.1, 0.15) is 0 Å². The molecule has 0 aromatic heterocycles. The first-order chi connectivity index (χ1) is 13.6. The number of hydrogen-bond donors (Lipinski definition) is 2. The molecule has 0 saturated heterocycles. The first-order valence-corrected chi connectivity index (χ1v) is 7.25. The highest BCUT2D eigenvalue weighted by Crippen LogP contribution is 2.46. The van der Waals surface area contributed by atoms with Crippen LogP contribution in [-0.4, -0.2) is 41.2 Å². The van der Waals surface area contributed by atoms with Crippen molar-refractivity contribution in [2.45, 2.75) is 30.4 Å². The summed E-state index contributed by atoms with van der Waals surface area (Å²) in [5.74, 6) is -8.91. The number of anilines is 1. The zero-order valence-corrected chi connectivity index (χ0v) is 14.1. The molecule has 0 aliphatic carbocycles. The van der Waals surface area contributed by atoms with E-state index in [4.69, 9.17) is 0 Å². The number of halogens is 12. The lowest BCUT2D eigenvalue weighted by Crippen LogP contribution is -2.73. The fraction of sp³-hybridized carbons (Fsp3) is 0.462. The Balaban J connectivity index is 3.57. The van der Waals surface area contributed by atoms with E-state index in [-0.39, 0.29) is 17.4 Å². The van der Waals surface area contributed by atoms with E-state index >= 15 is 0 Å². The Kier molecular flexibility index (Phi) is 6.69. The number of nitro benzene ring substituents is 1. The van der Waals surface area contributed by atoms with Crippen LogP contribution in [0.5, 0.6) is 0 Å². The molecule has 0 saturated carbocycles. The maximum Gasteiger partial charge on any atom is 0.439 e. The average Bonchev–Trinajstić information content (AvgIpc) is 2.49. The van der Waals surface area contributed by atoms with Crippen LogP contribution in [0.4, 0.5) is 64.1 Å². The van der Waals surface area contributed by atoms with Crippen LogP contribution in [0.15, 0.2) is 24.3 Å². The molecular weight excluding hydrogens is 474 g/mol. The summed E-state index contributed by atoms with van der Waals surface area (Å²) in [4.78, 5) is 20.8. The first-order valence-electron chi connectivity index (χ1n) is 7.25. The van der Waals surface area contributed by atoms with E-state index < -0.39 is 58.5 Å². The Morgan fingerprint density at radius 2 is 1.19 bits per heavy atom. The molecule has 0 bridgehead atoms. The van der Waals surface area contributed by atoms with Gasteiger partial charge in [0.05, 0.1) is 4.92 Å². The number of nitro groups is 1. The molecule has 0 radical (unpaired) electrons. The number of nitrogens with zero attached hydrogens (tertiary/aromatic N) is 1. The minimum Gasteiger partial charge on any atom is -0.348 e. The molecular formula is C13H7F12N3O3. The van der Waals surface area contributed by atoms with Crippen LogP contribution in [-0.2, 0) is 4.79 Å². The largest absolute Gasteiger partial charge is 0.439 e. The van der Waals surface area contributed by atoms with Crippen molar-refractivity contribution in [3.63, 3.8) is 0 Å². The number of hydrogen-bond acceptors (Lipinski definition) is 4. The normalized spacial score (nSPS) is 13.8. The van der Waals surface area contributed by atoms with Gasteiger partial charge in [-0.1, -0.05) is 0 Å². The van der Waals surface area contributed by atoms with Crippen molar-refractivity contribution in [3.8, 4) is 0 Å². The molecule has 0 unspecified atom stereocenters. The topological polar surface area (TPSA) is 84.3 Å². The smallest absolute Gasteiger partial charge is 0.348 e. The molecule has 0 spiro atoms. The van der Waals surface area contributed by atoms with Gasteiger partial charge in [0, 0.05) is 17.8 Å². The van der Waals surface area contributed by atoms with E-state index in [1.54, 1.807) is 0 Å². The van der Waals surface area contributed by atoms with Crippen molar-refractivity contribution < 1.29 is 62.4 Å². The molecule has 31 heavy (non-hydrogen) atoms. The molecule has 176 valence electrons. The second-order valence-corrected chi connectivity index (χ2v) is 5.68. The van der Waals surface area contributed by atoms with Gasteiger partial charge >= 0.3 is 30.4 Å². The Morgan fingerprint density at radius 3 is 1.48 bits per heavy atom. The van der Waals surface area contributed by atoms with Gasteiger partial charge in [-0.15, -0.1) is 0 Å². The summed E-state index contributed by atoms with van der Waals surface area (Å²) in [6, 6.07) is 1.27. The molecule has 0 aliphatic heterocycles. The number of rotatable bonds is 5. The highest BCUT2D eigenvalue weighted by atomic mass is 19.4. The molecule has 1 aromatic rings. The third kappa shape index (κ3) is 5.60. The number of non-ortho nitro benzene ring substituents is 1. The summed E-state index contributed by atoms with van der Waals surface area (Å²) in [7, 11) is 0. The van der Waals surface area contributed by atoms with Gasteiger partial charge in [-0.25, -0.2) is 0 Å². The Labute approximate surface area is 162 Å². The number of carbonyl (C=O) groups excluding carboxylic acids is 1. The summed E-state index contributed by atoms with van der Waals surface area (Å²) in [5.41, 5.74) is -7.92. The van der Waals surface area contributed by atoms with E-state index in [1.165, 1.54) is 0 Å². The average molecular weight is 481 g/mol. The summed E-state index contributed by atoms with van der Waals surface area (Å²) >= 11 is 0. The molecule has 0 atom stereocenters. The number of benzene rings is 1. The van der Waals surface area contributed by atoms with Gasteiger partial charge in [0.15, 0.2) is 0 Å². The Hall–Kier alpha value is -2.95. The molecule has 1 aromatic carbocycles. The quantitative estimate of drug-likeness (QED) is 0.277. The molecule has 0 aliphatic rings. The maximum atomic E-state index is 13.3. The lowest BCUT2D eigenvalue weighted by Gasteiger charge is -2.40. The van der Waals surface area contributed by atoms with Crippen LogP contribution in [0.2, 0.25) is 0 Å². The lowest BCUT2D eigenvalue weighted by atomic mass is 10.0. The van der Waals surface area contributed by atoms with Gasteiger partial charge in [0.2, 0.25) is 11.8 Å². The predicted molar refractivity (Wildman–Crippen MR) is 75.3 cm³/mol. The van der Waals surface area contributed by atoms with E-state index in [2.05, 4.69) is 0 Å². The van der Waals surface area contributed by atoms with Gasteiger partial charge in [-0.2, -0.15) is 52.7 Å². The van der Waals surface area contributed by atoms with E-state index in [0.717, 1.165) is 0 Å². The fourth-order valence-electron chi connectivity index (χ4n) is 2.10. The zero-order valence-electron chi connectivity index (χ0n) is 14.1. The second-order valence-electron chi connectivity index (χ2n) is 5.68. The minimum absolute atomic E-state index is 0.252. The number of alkyl halides is 12. The van der Waals surface area contributed by atoms with Gasteiger partial charge in [0.1, 0.15) is 0 Å². The molecule has 1 rings (SSSR count). The summed E-state index contributed by atoms with van der Waals surface area (Å²) in [6.07, 6.45) is -26.6. The van der Waals surface area contributed by atoms with Crippen molar-refractivity contribution in [3.05, 3.63) is 34.4 Å². The van der Waals surface area contributed by atoms with Gasteiger partial charge in [-0.3, -0.25) is 14.9 Å². The minimum atomic E-state index is -6.73. The van der Waals surface area contributed by atoms with Crippen LogP contribution < -0.4 is 10.6 Å². The van der Waals surface area contributed by atoms with Crippen molar-refractivity contribution >= 4 is 17.3 Å². The summed E-state index contributed by atoms with van der Waals surface area (Å²) in [6.45, 7) is 0. The Morgan fingerprint density at radius 1 is 0.806 bits per heavy atom. The Bertz CT molecular complexity index is 783. The predicted octanol–water partition coefficient (Wildman–Crippen LogP) is 4.68. The molecule has 0 heterocycles. The van der Waals surface area contributed by atoms with Crippen molar-refractivity contribution in [2.24, 2.45) is 5.92 Å². The van der Waals surface area contributed by atoms with Crippen LogP contribution in [0.25, 0.3) is 0 Å². The molecule has 2 N–H and O–H groups in total. The fourth-order valence-corrected chi connectivity index (χ4v) is 2.10. The summed E-state index contributed by atoms with van der Waals surface area (Å²) in [5, 5.41) is 10.8. The second kappa shape index (κ2) is 7.95. The zero-order chi connectivity index (χ0) is 24.6. The standard InChI is InChI=1S/C13H7F12N3O3/c14-9(15,16)7(10(17,18)19)8(29)27-11(12(20,21)22,13(23,24)25)26-5-1-3-6(4-2-5)28(30)31/h1-4,7,26H,(H,27,29). The van der Waals surface area contributed by atoms with Crippen LogP contribution >= 0.6 is 0 Å². The van der Waals surface area contributed by atoms with E-state index in [1.807, 2.05) is 0 Å². The third-order valence-corrected chi connectivity index (χ3v) is 3.49. The summed E-state index contributed by atoms with van der Waals surface area (Å²) < 4.78 is 155. The number of amides is 1. The van der Waals surface area contributed by atoms with Gasteiger partial charge in [0.25, 0.3) is 5.69 Å². The van der Waals surface area contributed by atoms with Crippen molar-refractivity contribution in [1.82, 2.24) is 5.32 Å². The third-order valence-electron chi connectivity index (χ3n) is 3.49. The maximum absolute atomic E-state index is 13.3. The molecule has 18 heteroatoms. The van der Waals surface area contributed by atoms with E-state index in [0.29, 0.717) is 17.4 Å². The SMILES string of the molecule is O=C(NC(Nc1ccc([N+](=O)[O-])cc1)(C(F)(F)F)C(F)(F)F)C(C(F)(F)F)C(F)(F)F. The van der Waals surface area contributed by atoms with Crippen LogP contribution in [0.3, 0.4) is 0 Å². The van der Waals surface area contributed by atoms with Crippen LogP contribution in [0, 0.1) is 16.0 Å². The van der Waals surface area contributed by atoms with Gasteiger partial charge < -0.3 is 10.6 Å². The number of nitrogens with one attached hydrogen (secondary N) is 2. The van der Waals surface area contributed by atoms with Crippen molar-refractivity contribution in [2.75, 3.05) is 5.32 Å². The van der Waals surface area contributed by atoms with Gasteiger partial charge in [-0.05, 0) is 12.1 Å².